The Labute approximate surface area is 152 Å². The second-order valence-corrected chi connectivity index (χ2v) is 9.83. The number of hydrogen-bond donors (Lipinski definition) is 0. The highest BCUT2D eigenvalue weighted by Gasteiger charge is 2.38. The molecule has 3 rings (SSSR count). The topological polar surface area (TPSA) is 60.9 Å². The maximum atomic E-state index is 12.7. The number of likely N-dealkylation sites (N-methyl/N-ethyl adjacent to an activating group) is 1. The van der Waals surface area contributed by atoms with Gasteiger partial charge in [-0.1, -0.05) is 13.3 Å². The van der Waals surface area contributed by atoms with E-state index < -0.39 is 10.0 Å². The van der Waals surface area contributed by atoms with Gasteiger partial charge >= 0.3 is 0 Å². The molecule has 1 amide bonds. The quantitative estimate of drug-likeness (QED) is 0.683. The van der Waals surface area contributed by atoms with Crippen molar-refractivity contribution in [1.29, 1.82) is 0 Å². The number of carbonyl (C=O) groups is 1. The van der Waals surface area contributed by atoms with Gasteiger partial charge in [0.25, 0.3) is 0 Å². The molecule has 6 nitrogen and oxygen atoms in total. The van der Waals surface area contributed by atoms with Crippen LogP contribution in [0.15, 0.2) is 0 Å². The van der Waals surface area contributed by atoms with Crippen LogP contribution in [0.3, 0.4) is 0 Å². The van der Waals surface area contributed by atoms with E-state index in [1.165, 1.54) is 19.1 Å². The highest BCUT2D eigenvalue weighted by molar-refractivity contribution is 7.88. The van der Waals surface area contributed by atoms with Crippen molar-refractivity contribution in [2.75, 3.05) is 32.4 Å². The van der Waals surface area contributed by atoms with Crippen LogP contribution in [0.5, 0.6) is 0 Å². The Balaban J connectivity index is 1.58. The lowest BCUT2D eigenvalue weighted by Crippen LogP contribution is -2.50. The summed E-state index contributed by atoms with van der Waals surface area (Å²) in [5.41, 5.74) is 0. The predicted octanol–water partition coefficient (Wildman–Crippen LogP) is 1.67. The summed E-state index contributed by atoms with van der Waals surface area (Å²) in [5, 5.41) is 0. The van der Waals surface area contributed by atoms with Crippen molar-refractivity contribution in [2.24, 2.45) is 0 Å². The molecule has 3 aliphatic rings. The lowest BCUT2D eigenvalue weighted by atomic mass is 9.91. The van der Waals surface area contributed by atoms with E-state index in [0.29, 0.717) is 19.1 Å². The molecule has 1 unspecified atom stereocenters. The maximum Gasteiger partial charge on any atom is 0.236 e. The summed E-state index contributed by atoms with van der Waals surface area (Å²) >= 11 is 0. The number of carbonyl (C=O) groups excluding carboxylic acids is 1. The van der Waals surface area contributed by atoms with Gasteiger partial charge < -0.3 is 4.90 Å². The van der Waals surface area contributed by atoms with Crippen LogP contribution in [0.1, 0.15) is 58.3 Å². The fourth-order valence-corrected chi connectivity index (χ4v) is 5.78. The Morgan fingerprint density at radius 2 is 1.60 bits per heavy atom. The van der Waals surface area contributed by atoms with Crippen molar-refractivity contribution >= 4 is 15.9 Å². The molecular weight excluding hydrogens is 338 g/mol. The van der Waals surface area contributed by atoms with Crippen LogP contribution >= 0.6 is 0 Å². The van der Waals surface area contributed by atoms with Crippen molar-refractivity contribution < 1.29 is 13.2 Å². The zero-order valence-electron chi connectivity index (χ0n) is 15.7. The molecule has 0 radical (unpaired) electrons. The van der Waals surface area contributed by atoms with E-state index in [9.17, 15) is 13.2 Å². The summed E-state index contributed by atoms with van der Waals surface area (Å²) < 4.78 is 26.4. The molecule has 1 aliphatic heterocycles. The molecule has 1 heterocycles. The summed E-state index contributed by atoms with van der Waals surface area (Å²) in [6, 6.07) is 0.851. The molecule has 2 aliphatic carbocycles. The molecule has 0 N–H and O–H groups in total. The number of amides is 1. The minimum Gasteiger partial charge on any atom is -0.342 e. The highest BCUT2D eigenvalue weighted by Crippen LogP contribution is 2.32. The first-order valence-corrected chi connectivity index (χ1v) is 11.7. The molecule has 0 spiro atoms. The lowest BCUT2D eigenvalue weighted by molar-refractivity contribution is -0.132. The van der Waals surface area contributed by atoms with E-state index in [0.717, 1.165) is 51.6 Å². The highest BCUT2D eigenvalue weighted by atomic mass is 32.2. The van der Waals surface area contributed by atoms with Gasteiger partial charge in [0.2, 0.25) is 15.9 Å². The Morgan fingerprint density at radius 3 is 2.12 bits per heavy atom. The monoisotopic (exact) mass is 371 g/mol. The van der Waals surface area contributed by atoms with Crippen LogP contribution in [-0.2, 0) is 14.8 Å². The summed E-state index contributed by atoms with van der Waals surface area (Å²) in [6.07, 6.45) is 9.40. The standard InChI is InChI=1S/C18H33N3O3S/c1-3-19(15-9-10-15)14-18(22)20-12-5-8-17(11-13-20)21(25(2,23)24)16-6-4-7-16/h15-17H,3-14H2,1-2H3. The molecule has 144 valence electrons. The van der Waals surface area contributed by atoms with Crippen LogP contribution in [0.2, 0.25) is 0 Å². The Bertz CT molecular complexity index is 572. The molecule has 0 aromatic heterocycles. The van der Waals surface area contributed by atoms with E-state index in [-0.39, 0.29) is 18.0 Å². The van der Waals surface area contributed by atoms with E-state index >= 15 is 0 Å². The zero-order chi connectivity index (χ0) is 18.0. The minimum atomic E-state index is -3.18. The Hall–Kier alpha value is -0.660. The van der Waals surface area contributed by atoms with Crippen molar-refractivity contribution in [2.45, 2.75) is 76.4 Å². The van der Waals surface area contributed by atoms with Gasteiger partial charge in [-0.15, -0.1) is 0 Å². The molecule has 25 heavy (non-hydrogen) atoms. The molecule has 0 aromatic carbocycles. The molecule has 1 atom stereocenters. The third-order valence-corrected chi connectivity index (χ3v) is 7.40. The van der Waals surface area contributed by atoms with Gasteiger partial charge in [-0.3, -0.25) is 9.69 Å². The zero-order valence-corrected chi connectivity index (χ0v) is 16.5. The average molecular weight is 372 g/mol. The van der Waals surface area contributed by atoms with Crippen molar-refractivity contribution in [1.82, 2.24) is 14.1 Å². The summed E-state index contributed by atoms with van der Waals surface area (Å²) in [7, 11) is -3.18. The van der Waals surface area contributed by atoms with Crippen LogP contribution in [0, 0.1) is 0 Å². The summed E-state index contributed by atoms with van der Waals surface area (Å²) in [4.78, 5) is 16.9. The van der Waals surface area contributed by atoms with Gasteiger partial charge in [0, 0.05) is 31.2 Å². The van der Waals surface area contributed by atoms with Gasteiger partial charge in [0.05, 0.1) is 12.8 Å². The Kier molecular flexibility index (Phi) is 6.06. The van der Waals surface area contributed by atoms with Crippen LogP contribution in [0.4, 0.5) is 0 Å². The number of sulfonamides is 1. The molecular formula is C18H33N3O3S. The van der Waals surface area contributed by atoms with Crippen LogP contribution in [-0.4, -0.2) is 79.0 Å². The molecule has 0 aromatic rings. The second kappa shape index (κ2) is 7.92. The van der Waals surface area contributed by atoms with Crippen LogP contribution in [0.25, 0.3) is 0 Å². The maximum absolute atomic E-state index is 12.7. The number of rotatable bonds is 7. The summed E-state index contributed by atoms with van der Waals surface area (Å²) in [6.45, 7) is 5.01. The average Bonchev–Trinajstić information content (AvgIpc) is 3.33. The van der Waals surface area contributed by atoms with E-state index in [2.05, 4.69) is 11.8 Å². The molecule has 2 saturated carbocycles. The smallest absolute Gasteiger partial charge is 0.236 e. The Morgan fingerprint density at radius 1 is 0.960 bits per heavy atom. The van der Waals surface area contributed by atoms with Gasteiger partial charge in [0.1, 0.15) is 0 Å². The van der Waals surface area contributed by atoms with Crippen LogP contribution < -0.4 is 0 Å². The van der Waals surface area contributed by atoms with E-state index in [1.807, 2.05) is 4.90 Å². The van der Waals surface area contributed by atoms with Crippen molar-refractivity contribution in [3.63, 3.8) is 0 Å². The number of nitrogens with zero attached hydrogens (tertiary/aromatic N) is 3. The molecule has 3 fully saturated rings. The number of likely N-dealkylation sites (tertiary alicyclic amines) is 1. The first-order chi connectivity index (χ1) is 11.9. The van der Waals surface area contributed by atoms with Gasteiger partial charge in [0.15, 0.2) is 0 Å². The molecule has 7 heteroatoms. The van der Waals surface area contributed by atoms with E-state index in [4.69, 9.17) is 0 Å². The molecule has 1 saturated heterocycles. The first kappa shape index (κ1) is 19.1. The van der Waals surface area contributed by atoms with Gasteiger partial charge in [-0.05, 0) is 51.5 Å². The van der Waals surface area contributed by atoms with Gasteiger partial charge in [-0.25, -0.2) is 8.42 Å². The third kappa shape index (κ3) is 4.74. The lowest BCUT2D eigenvalue weighted by Gasteiger charge is -2.40. The normalized spacial score (nSPS) is 25.9. The molecule has 0 bridgehead atoms. The summed E-state index contributed by atoms with van der Waals surface area (Å²) in [5.74, 6) is 0.212. The largest absolute Gasteiger partial charge is 0.342 e. The fourth-order valence-electron chi connectivity index (χ4n) is 4.28. The minimum absolute atomic E-state index is 0.0591. The van der Waals surface area contributed by atoms with Crippen molar-refractivity contribution in [3.05, 3.63) is 0 Å². The predicted molar refractivity (Wildman–Crippen MR) is 98.8 cm³/mol. The second-order valence-electron chi connectivity index (χ2n) is 7.94. The first-order valence-electron chi connectivity index (χ1n) is 9.90. The van der Waals surface area contributed by atoms with Gasteiger partial charge in [-0.2, -0.15) is 4.31 Å². The van der Waals surface area contributed by atoms with Crippen molar-refractivity contribution in [3.8, 4) is 0 Å². The SMILES string of the molecule is CCN(CC(=O)N1CCCC(N(C2CCC2)S(C)(=O)=O)CC1)C1CC1. The van der Waals surface area contributed by atoms with E-state index in [1.54, 1.807) is 4.31 Å². The number of hydrogen-bond acceptors (Lipinski definition) is 4. The fraction of sp³-hybridized carbons (Fsp3) is 0.944. The third-order valence-electron chi connectivity index (χ3n) is 6.04.